The van der Waals surface area contributed by atoms with Crippen molar-refractivity contribution in [2.24, 2.45) is 4.99 Å². The lowest BCUT2D eigenvalue weighted by Crippen LogP contribution is -2.53. The molecule has 2 aliphatic heterocycles. The summed E-state index contributed by atoms with van der Waals surface area (Å²) < 4.78 is 53.0. The van der Waals surface area contributed by atoms with Gasteiger partial charge >= 0.3 is 6.18 Å². The Morgan fingerprint density at radius 1 is 1.24 bits per heavy atom. The smallest absolute Gasteiger partial charge is 0.375 e. The van der Waals surface area contributed by atoms with Gasteiger partial charge in [0.05, 0.1) is 19.3 Å². The standard InChI is InChI=1S/C20H28F3N3O3/c1-24-19(26-7-9-29-18(12-26)17-6-3-8-28-17)25-11-15-4-2-5-16(10-15)13-27-14-20(21,22)23/h2,4-5,10,17-18H,3,6-9,11-14H2,1H3,(H,24,25). The van der Waals surface area contributed by atoms with Gasteiger partial charge in [0.1, 0.15) is 12.7 Å². The van der Waals surface area contributed by atoms with Gasteiger partial charge in [-0.15, -0.1) is 0 Å². The average molecular weight is 415 g/mol. The summed E-state index contributed by atoms with van der Waals surface area (Å²) in [6.07, 6.45) is -2.04. The van der Waals surface area contributed by atoms with Crippen LogP contribution in [0.5, 0.6) is 0 Å². The molecule has 0 aliphatic carbocycles. The summed E-state index contributed by atoms with van der Waals surface area (Å²) in [5.74, 6) is 0.773. The van der Waals surface area contributed by atoms with Crippen LogP contribution in [0.4, 0.5) is 13.2 Å². The molecule has 1 aromatic rings. The number of halogens is 3. The van der Waals surface area contributed by atoms with Crippen LogP contribution in [0.1, 0.15) is 24.0 Å². The highest BCUT2D eigenvalue weighted by atomic mass is 19.4. The number of benzene rings is 1. The number of hydrogen-bond acceptors (Lipinski definition) is 4. The lowest BCUT2D eigenvalue weighted by atomic mass is 10.1. The molecule has 2 unspecified atom stereocenters. The summed E-state index contributed by atoms with van der Waals surface area (Å²) in [5, 5.41) is 3.33. The van der Waals surface area contributed by atoms with Crippen molar-refractivity contribution < 1.29 is 27.4 Å². The summed E-state index contributed by atoms with van der Waals surface area (Å²) >= 11 is 0. The van der Waals surface area contributed by atoms with Gasteiger partial charge in [-0.2, -0.15) is 13.2 Å². The lowest BCUT2D eigenvalue weighted by Gasteiger charge is -2.37. The molecule has 0 radical (unpaired) electrons. The molecule has 0 bridgehead atoms. The van der Waals surface area contributed by atoms with E-state index >= 15 is 0 Å². The number of guanidine groups is 1. The van der Waals surface area contributed by atoms with Gasteiger partial charge in [0.15, 0.2) is 5.96 Å². The molecule has 1 N–H and O–H groups in total. The van der Waals surface area contributed by atoms with Crippen LogP contribution in [0.25, 0.3) is 0 Å². The van der Waals surface area contributed by atoms with Crippen molar-refractivity contribution in [2.45, 2.75) is 44.4 Å². The SMILES string of the molecule is CN=C(NCc1cccc(COCC(F)(F)F)c1)N1CCOC(C2CCCO2)C1. The molecule has 0 spiro atoms. The molecule has 2 fully saturated rings. The molecular weight excluding hydrogens is 387 g/mol. The number of ether oxygens (including phenoxy) is 3. The highest BCUT2D eigenvalue weighted by Gasteiger charge is 2.32. The molecule has 6 nitrogen and oxygen atoms in total. The molecule has 162 valence electrons. The topological polar surface area (TPSA) is 55.3 Å². The van der Waals surface area contributed by atoms with E-state index in [2.05, 4.69) is 15.2 Å². The molecule has 29 heavy (non-hydrogen) atoms. The molecule has 9 heteroatoms. The van der Waals surface area contributed by atoms with E-state index in [9.17, 15) is 13.2 Å². The van der Waals surface area contributed by atoms with Crippen LogP contribution < -0.4 is 5.32 Å². The number of nitrogens with one attached hydrogen (secondary N) is 1. The summed E-state index contributed by atoms with van der Waals surface area (Å²) in [5.41, 5.74) is 1.65. The Labute approximate surface area is 169 Å². The Morgan fingerprint density at radius 2 is 2.03 bits per heavy atom. The third-order valence-electron chi connectivity index (χ3n) is 4.96. The van der Waals surface area contributed by atoms with Crippen LogP contribution in [0.2, 0.25) is 0 Å². The maximum atomic E-state index is 12.2. The molecule has 2 aliphatic rings. The molecule has 3 rings (SSSR count). The van der Waals surface area contributed by atoms with Crippen LogP contribution in [0.15, 0.2) is 29.3 Å². The van der Waals surface area contributed by atoms with E-state index in [1.54, 1.807) is 13.1 Å². The number of rotatable bonds is 6. The van der Waals surface area contributed by atoms with Crippen molar-refractivity contribution in [1.29, 1.82) is 0 Å². The van der Waals surface area contributed by atoms with Gasteiger partial charge in [-0.05, 0) is 24.0 Å². The second-order valence-corrected chi connectivity index (χ2v) is 7.24. The molecule has 2 heterocycles. The zero-order valence-electron chi connectivity index (χ0n) is 16.6. The van der Waals surface area contributed by atoms with E-state index in [1.165, 1.54) is 0 Å². The number of morpholine rings is 1. The first-order valence-electron chi connectivity index (χ1n) is 9.86. The van der Waals surface area contributed by atoms with E-state index in [0.717, 1.165) is 44.1 Å². The number of nitrogens with zero attached hydrogens (tertiary/aromatic N) is 2. The summed E-state index contributed by atoms with van der Waals surface area (Å²) in [4.78, 5) is 6.53. The summed E-state index contributed by atoms with van der Waals surface area (Å²) in [6, 6.07) is 7.32. The molecular formula is C20H28F3N3O3. The van der Waals surface area contributed by atoms with Crippen LogP contribution in [-0.4, -0.2) is 69.2 Å². The molecule has 0 amide bonds. The third kappa shape index (κ3) is 6.87. The molecule has 0 aromatic heterocycles. The van der Waals surface area contributed by atoms with Gasteiger partial charge in [-0.1, -0.05) is 24.3 Å². The second kappa shape index (κ2) is 10.3. The monoisotopic (exact) mass is 415 g/mol. The first kappa shape index (κ1) is 21.9. The van der Waals surface area contributed by atoms with Crippen LogP contribution >= 0.6 is 0 Å². The molecule has 2 atom stereocenters. The first-order valence-corrected chi connectivity index (χ1v) is 9.86. The van der Waals surface area contributed by atoms with Crippen molar-refractivity contribution in [3.05, 3.63) is 35.4 Å². The van der Waals surface area contributed by atoms with Crippen molar-refractivity contribution in [3.63, 3.8) is 0 Å². The fraction of sp³-hybridized carbons (Fsp3) is 0.650. The van der Waals surface area contributed by atoms with Crippen molar-refractivity contribution >= 4 is 5.96 Å². The van der Waals surface area contributed by atoms with Gasteiger partial charge in [0.25, 0.3) is 0 Å². The largest absolute Gasteiger partial charge is 0.411 e. The quantitative estimate of drug-likeness (QED) is 0.572. The highest BCUT2D eigenvalue weighted by Crippen LogP contribution is 2.21. The van der Waals surface area contributed by atoms with E-state index in [1.807, 2.05) is 18.2 Å². The van der Waals surface area contributed by atoms with E-state index < -0.39 is 12.8 Å². The van der Waals surface area contributed by atoms with E-state index in [-0.39, 0.29) is 18.8 Å². The van der Waals surface area contributed by atoms with Gasteiger partial charge < -0.3 is 24.4 Å². The second-order valence-electron chi connectivity index (χ2n) is 7.24. The van der Waals surface area contributed by atoms with Crippen molar-refractivity contribution in [2.75, 3.05) is 40.0 Å². The minimum Gasteiger partial charge on any atom is -0.375 e. The minimum absolute atomic E-state index is 0.0407. The van der Waals surface area contributed by atoms with Crippen LogP contribution in [-0.2, 0) is 27.4 Å². The van der Waals surface area contributed by atoms with Crippen molar-refractivity contribution in [1.82, 2.24) is 10.2 Å². The van der Waals surface area contributed by atoms with E-state index in [4.69, 9.17) is 14.2 Å². The Bertz CT molecular complexity index is 678. The fourth-order valence-electron chi connectivity index (χ4n) is 3.62. The Balaban J connectivity index is 1.50. The summed E-state index contributed by atoms with van der Waals surface area (Å²) in [6.45, 7) is 2.07. The minimum atomic E-state index is -4.31. The first-order chi connectivity index (χ1) is 13.9. The lowest BCUT2D eigenvalue weighted by molar-refractivity contribution is -0.176. The Morgan fingerprint density at radius 3 is 2.76 bits per heavy atom. The molecule has 2 saturated heterocycles. The maximum Gasteiger partial charge on any atom is 0.411 e. The van der Waals surface area contributed by atoms with Gasteiger partial charge in [0, 0.05) is 33.3 Å². The fourth-order valence-corrected chi connectivity index (χ4v) is 3.62. The number of hydrogen-bond donors (Lipinski definition) is 1. The zero-order chi connectivity index (χ0) is 20.7. The van der Waals surface area contributed by atoms with Crippen LogP contribution in [0.3, 0.4) is 0 Å². The maximum absolute atomic E-state index is 12.2. The normalized spacial score (nSPS) is 23.4. The number of aliphatic imine (C=N–C) groups is 1. The average Bonchev–Trinajstić information content (AvgIpc) is 3.23. The highest BCUT2D eigenvalue weighted by molar-refractivity contribution is 5.80. The third-order valence-corrected chi connectivity index (χ3v) is 4.96. The van der Waals surface area contributed by atoms with Gasteiger partial charge in [-0.3, -0.25) is 4.99 Å². The Kier molecular flexibility index (Phi) is 7.74. The Hall–Kier alpha value is -1.84. The van der Waals surface area contributed by atoms with Crippen LogP contribution in [0, 0.1) is 0 Å². The van der Waals surface area contributed by atoms with Crippen molar-refractivity contribution in [3.8, 4) is 0 Å². The predicted octanol–water partition coefficient (Wildman–Crippen LogP) is 2.72. The number of alkyl halides is 3. The zero-order valence-corrected chi connectivity index (χ0v) is 16.6. The van der Waals surface area contributed by atoms with E-state index in [0.29, 0.717) is 18.7 Å². The molecule has 1 aromatic carbocycles. The van der Waals surface area contributed by atoms with Gasteiger partial charge in [-0.25, -0.2) is 0 Å². The summed E-state index contributed by atoms with van der Waals surface area (Å²) in [7, 11) is 1.74. The van der Waals surface area contributed by atoms with Gasteiger partial charge in [0.2, 0.25) is 0 Å². The molecule has 0 saturated carbocycles. The predicted molar refractivity (Wildman–Crippen MR) is 103 cm³/mol.